The summed E-state index contributed by atoms with van der Waals surface area (Å²) >= 11 is 0. The number of benzene rings is 2. The highest BCUT2D eigenvalue weighted by Crippen LogP contribution is 2.38. The molecular weight excluding hydrogens is 262 g/mol. The minimum absolute atomic E-state index is 0.571. The molecular formula is C18H19NO2. The molecule has 0 saturated heterocycles. The number of nitrogens with zero attached hydrogens (tertiary/aromatic N) is 1. The topological polar surface area (TPSA) is 53.2 Å². The van der Waals surface area contributed by atoms with Crippen molar-refractivity contribution < 1.29 is 9.84 Å². The molecule has 0 heterocycles. The summed E-state index contributed by atoms with van der Waals surface area (Å²) in [6, 6.07) is 13.0. The van der Waals surface area contributed by atoms with Crippen LogP contribution in [-0.2, 0) is 5.60 Å². The van der Waals surface area contributed by atoms with Crippen LogP contribution in [0, 0.1) is 25.2 Å². The van der Waals surface area contributed by atoms with Gasteiger partial charge >= 0.3 is 0 Å². The summed E-state index contributed by atoms with van der Waals surface area (Å²) in [6.45, 7) is 5.70. The Bertz CT molecular complexity index is 694. The van der Waals surface area contributed by atoms with Crippen molar-refractivity contribution in [2.45, 2.75) is 26.4 Å². The Kier molecular flexibility index (Phi) is 4.02. The van der Waals surface area contributed by atoms with Crippen LogP contribution in [0.2, 0.25) is 0 Å². The molecule has 0 bridgehead atoms. The fraction of sp³-hybridized carbons (Fsp3) is 0.278. The zero-order valence-corrected chi connectivity index (χ0v) is 12.8. The van der Waals surface area contributed by atoms with Gasteiger partial charge in [-0.2, -0.15) is 5.26 Å². The standard InChI is InChI=1S/C18H19NO2/c1-12-9-13(2)17(16(10-12)21-4)18(3,20)15-7-5-14(11-19)6-8-15/h5-10,20H,1-4H3. The minimum atomic E-state index is -1.18. The Morgan fingerprint density at radius 1 is 1.14 bits per heavy atom. The molecule has 2 aromatic rings. The first-order valence-corrected chi connectivity index (χ1v) is 6.79. The largest absolute Gasteiger partial charge is 0.496 e. The Morgan fingerprint density at radius 2 is 1.76 bits per heavy atom. The molecule has 0 saturated carbocycles. The Balaban J connectivity index is 2.60. The van der Waals surface area contributed by atoms with Crippen molar-refractivity contribution in [2.75, 3.05) is 7.11 Å². The number of aryl methyl sites for hydroxylation is 2. The fourth-order valence-corrected chi connectivity index (χ4v) is 2.73. The number of aliphatic hydroxyl groups is 1. The van der Waals surface area contributed by atoms with E-state index in [1.54, 1.807) is 38.3 Å². The molecule has 0 aliphatic heterocycles. The lowest BCUT2D eigenvalue weighted by atomic mass is 9.84. The van der Waals surface area contributed by atoms with Gasteiger partial charge in [-0.05, 0) is 55.7 Å². The molecule has 0 spiro atoms. The number of hydrogen-bond acceptors (Lipinski definition) is 3. The third-order valence-corrected chi connectivity index (χ3v) is 3.73. The van der Waals surface area contributed by atoms with E-state index in [0.717, 1.165) is 22.3 Å². The molecule has 108 valence electrons. The van der Waals surface area contributed by atoms with E-state index in [0.29, 0.717) is 11.3 Å². The first-order valence-electron chi connectivity index (χ1n) is 6.79. The maximum absolute atomic E-state index is 11.0. The molecule has 1 N–H and O–H groups in total. The number of ether oxygens (including phenoxy) is 1. The number of nitriles is 1. The molecule has 3 nitrogen and oxygen atoms in total. The molecule has 0 aromatic heterocycles. The molecule has 0 aliphatic rings. The van der Waals surface area contributed by atoms with E-state index in [1.807, 2.05) is 26.0 Å². The van der Waals surface area contributed by atoms with Crippen molar-refractivity contribution in [1.29, 1.82) is 5.26 Å². The summed E-state index contributed by atoms with van der Waals surface area (Å²) in [5.41, 5.74) is 2.93. The molecule has 2 rings (SSSR count). The van der Waals surface area contributed by atoms with E-state index in [1.165, 1.54) is 0 Å². The van der Waals surface area contributed by atoms with Crippen molar-refractivity contribution in [2.24, 2.45) is 0 Å². The van der Waals surface area contributed by atoms with Crippen LogP contribution in [0.15, 0.2) is 36.4 Å². The van der Waals surface area contributed by atoms with Crippen molar-refractivity contribution in [3.05, 3.63) is 64.2 Å². The SMILES string of the molecule is COc1cc(C)cc(C)c1C(C)(O)c1ccc(C#N)cc1. The molecule has 1 atom stereocenters. The quantitative estimate of drug-likeness (QED) is 0.937. The normalized spacial score (nSPS) is 13.3. The molecule has 1 unspecified atom stereocenters. The summed E-state index contributed by atoms with van der Waals surface area (Å²) in [4.78, 5) is 0. The van der Waals surface area contributed by atoms with Gasteiger partial charge in [0.15, 0.2) is 0 Å². The molecule has 0 radical (unpaired) electrons. The van der Waals surface area contributed by atoms with E-state index in [4.69, 9.17) is 10.00 Å². The minimum Gasteiger partial charge on any atom is -0.496 e. The number of methoxy groups -OCH3 is 1. The highest BCUT2D eigenvalue weighted by atomic mass is 16.5. The molecule has 3 heteroatoms. The average molecular weight is 281 g/mol. The van der Waals surface area contributed by atoms with Gasteiger partial charge < -0.3 is 9.84 Å². The third kappa shape index (κ3) is 2.76. The number of hydrogen-bond donors (Lipinski definition) is 1. The van der Waals surface area contributed by atoms with Gasteiger partial charge in [-0.15, -0.1) is 0 Å². The summed E-state index contributed by atoms with van der Waals surface area (Å²) in [5.74, 6) is 0.668. The lowest BCUT2D eigenvalue weighted by Gasteiger charge is -2.28. The third-order valence-electron chi connectivity index (χ3n) is 3.73. The van der Waals surface area contributed by atoms with Crippen LogP contribution in [-0.4, -0.2) is 12.2 Å². The van der Waals surface area contributed by atoms with E-state index >= 15 is 0 Å². The maximum atomic E-state index is 11.0. The Hall–Kier alpha value is -2.31. The summed E-state index contributed by atoms with van der Waals surface area (Å²) in [5, 5.41) is 19.9. The van der Waals surface area contributed by atoms with E-state index in [-0.39, 0.29) is 0 Å². The second-order valence-electron chi connectivity index (χ2n) is 5.42. The van der Waals surface area contributed by atoms with Gasteiger partial charge in [0.25, 0.3) is 0 Å². The van der Waals surface area contributed by atoms with Gasteiger partial charge in [-0.3, -0.25) is 0 Å². The first kappa shape index (κ1) is 15.1. The molecule has 0 aliphatic carbocycles. The van der Waals surface area contributed by atoms with Crippen LogP contribution < -0.4 is 4.74 Å². The summed E-state index contributed by atoms with van der Waals surface area (Å²) in [7, 11) is 1.60. The molecule has 0 fully saturated rings. The van der Waals surface area contributed by atoms with Crippen molar-refractivity contribution in [1.82, 2.24) is 0 Å². The maximum Gasteiger partial charge on any atom is 0.125 e. The van der Waals surface area contributed by atoms with Crippen LogP contribution in [0.4, 0.5) is 0 Å². The van der Waals surface area contributed by atoms with Crippen LogP contribution in [0.25, 0.3) is 0 Å². The van der Waals surface area contributed by atoms with Crippen LogP contribution in [0.1, 0.15) is 34.7 Å². The highest BCUT2D eigenvalue weighted by Gasteiger charge is 2.31. The van der Waals surface area contributed by atoms with E-state index in [9.17, 15) is 5.11 Å². The lowest BCUT2D eigenvalue weighted by molar-refractivity contribution is 0.0982. The Morgan fingerprint density at radius 3 is 2.29 bits per heavy atom. The smallest absolute Gasteiger partial charge is 0.125 e. The van der Waals surface area contributed by atoms with Gasteiger partial charge in [-0.25, -0.2) is 0 Å². The van der Waals surface area contributed by atoms with Gasteiger partial charge in [0, 0.05) is 5.56 Å². The predicted octanol–water partition coefficient (Wildman–Crippen LogP) is 3.44. The molecule has 2 aromatic carbocycles. The lowest BCUT2D eigenvalue weighted by Crippen LogP contribution is -2.25. The van der Waals surface area contributed by atoms with Crippen LogP contribution in [0.5, 0.6) is 5.75 Å². The van der Waals surface area contributed by atoms with Gasteiger partial charge in [0.1, 0.15) is 11.4 Å². The second kappa shape index (κ2) is 5.59. The monoisotopic (exact) mass is 281 g/mol. The molecule has 0 amide bonds. The highest BCUT2D eigenvalue weighted by molar-refractivity contribution is 5.51. The van der Waals surface area contributed by atoms with Crippen molar-refractivity contribution in [3.63, 3.8) is 0 Å². The van der Waals surface area contributed by atoms with Gasteiger partial charge in [0.2, 0.25) is 0 Å². The van der Waals surface area contributed by atoms with Crippen LogP contribution >= 0.6 is 0 Å². The number of rotatable bonds is 3. The second-order valence-corrected chi connectivity index (χ2v) is 5.42. The summed E-state index contributed by atoms with van der Waals surface area (Å²) in [6.07, 6.45) is 0. The van der Waals surface area contributed by atoms with E-state index < -0.39 is 5.60 Å². The summed E-state index contributed by atoms with van der Waals surface area (Å²) < 4.78 is 5.45. The van der Waals surface area contributed by atoms with Crippen molar-refractivity contribution >= 4 is 0 Å². The van der Waals surface area contributed by atoms with Crippen molar-refractivity contribution in [3.8, 4) is 11.8 Å². The predicted molar refractivity (Wildman–Crippen MR) is 82.3 cm³/mol. The van der Waals surface area contributed by atoms with Gasteiger partial charge in [0.05, 0.1) is 18.7 Å². The fourth-order valence-electron chi connectivity index (χ4n) is 2.73. The first-order chi connectivity index (χ1) is 9.90. The van der Waals surface area contributed by atoms with Crippen LogP contribution in [0.3, 0.4) is 0 Å². The van der Waals surface area contributed by atoms with E-state index in [2.05, 4.69) is 6.07 Å². The zero-order valence-electron chi connectivity index (χ0n) is 12.8. The van der Waals surface area contributed by atoms with Gasteiger partial charge in [-0.1, -0.05) is 18.2 Å². The Labute approximate surface area is 125 Å². The average Bonchev–Trinajstić information content (AvgIpc) is 2.46. The zero-order chi connectivity index (χ0) is 15.6. The molecule has 21 heavy (non-hydrogen) atoms.